The van der Waals surface area contributed by atoms with Crippen LogP contribution in [-0.4, -0.2) is 57.6 Å². The van der Waals surface area contributed by atoms with Crippen LogP contribution in [0.25, 0.3) is 0 Å². The van der Waals surface area contributed by atoms with E-state index in [4.69, 9.17) is 9.73 Å². The molecular weight excluding hydrogens is 529 g/mol. The van der Waals surface area contributed by atoms with E-state index in [9.17, 15) is 4.79 Å². The number of halogens is 1. The number of benzene rings is 2. The van der Waals surface area contributed by atoms with Crippen LogP contribution in [-0.2, 0) is 11.3 Å². The Labute approximate surface area is 214 Å². The Hall–Kier alpha value is -2.33. The van der Waals surface area contributed by atoms with Gasteiger partial charge in [0.05, 0.1) is 19.7 Å². The van der Waals surface area contributed by atoms with E-state index in [1.165, 1.54) is 5.56 Å². The Morgan fingerprint density at radius 2 is 1.94 bits per heavy atom. The van der Waals surface area contributed by atoms with Crippen LogP contribution >= 0.6 is 24.0 Å². The van der Waals surface area contributed by atoms with E-state index < -0.39 is 0 Å². The van der Waals surface area contributed by atoms with E-state index in [0.717, 1.165) is 42.5 Å². The highest BCUT2D eigenvalue weighted by molar-refractivity contribution is 14.0. The van der Waals surface area contributed by atoms with Crippen LogP contribution in [0.4, 0.5) is 5.69 Å². The fourth-order valence-corrected chi connectivity index (χ4v) is 3.86. The van der Waals surface area contributed by atoms with Crippen LogP contribution in [0.15, 0.2) is 53.5 Å². The van der Waals surface area contributed by atoms with Gasteiger partial charge in [-0.25, -0.2) is 4.99 Å². The van der Waals surface area contributed by atoms with Crippen molar-refractivity contribution < 1.29 is 9.53 Å². The van der Waals surface area contributed by atoms with Gasteiger partial charge in [-0.05, 0) is 62.8 Å². The highest BCUT2D eigenvalue weighted by atomic mass is 127. The number of nitrogens with zero attached hydrogens (tertiary/aromatic N) is 3. The highest BCUT2D eigenvalue weighted by Crippen LogP contribution is 2.23. The number of rotatable bonds is 9. The number of aliphatic imine (C=N–C) groups is 1. The quantitative estimate of drug-likeness (QED) is 0.275. The van der Waals surface area contributed by atoms with Crippen molar-refractivity contribution in [2.75, 3.05) is 45.7 Å². The van der Waals surface area contributed by atoms with E-state index >= 15 is 0 Å². The normalized spacial score (nSPS) is 14.8. The number of amides is 1. The lowest BCUT2D eigenvalue weighted by Crippen LogP contribution is -2.41. The smallest absolute Gasteiger partial charge is 0.227 e. The molecule has 2 aromatic rings. The maximum atomic E-state index is 11.9. The number of methoxy groups -OCH3 is 1. The Balaban J connectivity index is 0.00000385. The van der Waals surface area contributed by atoms with Crippen molar-refractivity contribution in [1.82, 2.24) is 15.5 Å². The number of carbonyl (C=O) groups excluding carboxylic acids is 1. The van der Waals surface area contributed by atoms with Crippen molar-refractivity contribution in [3.8, 4) is 5.75 Å². The molecule has 0 saturated carbocycles. The zero-order valence-electron chi connectivity index (χ0n) is 20.0. The van der Waals surface area contributed by atoms with Gasteiger partial charge < -0.3 is 25.2 Å². The Morgan fingerprint density at radius 1 is 1.18 bits per heavy atom. The Kier molecular flexibility index (Phi) is 10.9. The zero-order chi connectivity index (χ0) is 22.9. The molecule has 33 heavy (non-hydrogen) atoms. The number of hydrogen-bond donors (Lipinski definition) is 2. The van der Waals surface area contributed by atoms with E-state index in [0.29, 0.717) is 19.5 Å². The van der Waals surface area contributed by atoms with Crippen LogP contribution < -0.4 is 20.3 Å². The SMILES string of the molecule is CCNC(=NCc1ccc(N2CCCC2=O)cc1)NCC(c1cccc(OC)c1)N(C)C.I. The first-order valence-electron chi connectivity index (χ1n) is 11.2. The average molecular weight is 566 g/mol. The predicted octanol–water partition coefficient (Wildman–Crippen LogP) is 3.80. The molecular formula is C25H36IN5O2. The minimum absolute atomic E-state index is 0. The van der Waals surface area contributed by atoms with Gasteiger partial charge in [-0.3, -0.25) is 4.79 Å². The summed E-state index contributed by atoms with van der Waals surface area (Å²) in [6, 6.07) is 16.5. The number of carbonyl (C=O) groups is 1. The predicted molar refractivity (Wildman–Crippen MR) is 146 cm³/mol. The number of ether oxygens (including phenoxy) is 1. The van der Waals surface area contributed by atoms with Crippen molar-refractivity contribution in [2.45, 2.75) is 32.4 Å². The van der Waals surface area contributed by atoms with Crippen molar-refractivity contribution in [3.63, 3.8) is 0 Å². The molecule has 1 aliphatic rings. The molecule has 1 aliphatic heterocycles. The third-order valence-electron chi connectivity index (χ3n) is 5.65. The molecule has 1 fully saturated rings. The van der Waals surface area contributed by atoms with Gasteiger partial charge >= 0.3 is 0 Å². The molecule has 1 unspecified atom stereocenters. The first-order chi connectivity index (χ1) is 15.5. The van der Waals surface area contributed by atoms with Gasteiger partial charge in [-0.1, -0.05) is 24.3 Å². The van der Waals surface area contributed by atoms with Crippen molar-refractivity contribution in [1.29, 1.82) is 0 Å². The molecule has 1 heterocycles. The zero-order valence-corrected chi connectivity index (χ0v) is 22.3. The molecule has 0 aromatic heterocycles. The van der Waals surface area contributed by atoms with Gasteiger partial charge in [0.25, 0.3) is 0 Å². The lowest BCUT2D eigenvalue weighted by molar-refractivity contribution is -0.117. The summed E-state index contributed by atoms with van der Waals surface area (Å²) in [4.78, 5) is 20.7. The number of hydrogen-bond acceptors (Lipinski definition) is 4. The van der Waals surface area contributed by atoms with Crippen LogP contribution in [0.3, 0.4) is 0 Å². The molecule has 7 nitrogen and oxygen atoms in total. The second kappa shape index (κ2) is 13.4. The second-order valence-corrected chi connectivity index (χ2v) is 8.15. The first kappa shape index (κ1) is 26.9. The van der Waals surface area contributed by atoms with Crippen LogP contribution in [0.1, 0.15) is 36.9 Å². The summed E-state index contributed by atoms with van der Waals surface area (Å²) in [5.74, 6) is 1.84. The van der Waals surface area contributed by atoms with Gasteiger partial charge in [0.2, 0.25) is 5.91 Å². The van der Waals surface area contributed by atoms with E-state index in [2.05, 4.69) is 48.7 Å². The van der Waals surface area contributed by atoms with Crippen molar-refractivity contribution in [3.05, 3.63) is 59.7 Å². The molecule has 0 bridgehead atoms. The van der Waals surface area contributed by atoms with Crippen LogP contribution in [0, 0.1) is 0 Å². The first-order valence-corrected chi connectivity index (χ1v) is 11.2. The maximum absolute atomic E-state index is 11.9. The Morgan fingerprint density at radius 3 is 2.55 bits per heavy atom. The molecule has 1 amide bonds. The second-order valence-electron chi connectivity index (χ2n) is 8.15. The number of nitrogens with one attached hydrogen (secondary N) is 2. The summed E-state index contributed by atoms with van der Waals surface area (Å²) in [6.07, 6.45) is 1.58. The van der Waals surface area contributed by atoms with Crippen molar-refractivity contribution >= 4 is 41.5 Å². The van der Waals surface area contributed by atoms with E-state index in [-0.39, 0.29) is 35.9 Å². The van der Waals surface area contributed by atoms with E-state index in [1.54, 1.807) is 7.11 Å². The monoisotopic (exact) mass is 565 g/mol. The average Bonchev–Trinajstić information content (AvgIpc) is 3.23. The molecule has 2 N–H and O–H groups in total. The summed E-state index contributed by atoms with van der Waals surface area (Å²) >= 11 is 0. The molecule has 1 atom stereocenters. The number of likely N-dealkylation sites (N-methyl/N-ethyl adjacent to an activating group) is 1. The van der Waals surface area contributed by atoms with Crippen LogP contribution in [0.2, 0.25) is 0 Å². The fourth-order valence-electron chi connectivity index (χ4n) is 3.86. The number of anilines is 1. The van der Waals surface area contributed by atoms with Gasteiger partial charge in [-0.2, -0.15) is 0 Å². The largest absolute Gasteiger partial charge is 0.497 e. The lowest BCUT2D eigenvalue weighted by atomic mass is 10.1. The molecule has 180 valence electrons. The third-order valence-corrected chi connectivity index (χ3v) is 5.65. The van der Waals surface area contributed by atoms with Crippen molar-refractivity contribution in [2.24, 2.45) is 4.99 Å². The summed E-state index contributed by atoms with van der Waals surface area (Å²) < 4.78 is 5.39. The van der Waals surface area contributed by atoms with Gasteiger partial charge in [-0.15, -0.1) is 24.0 Å². The molecule has 2 aromatic carbocycles. The minimum Gasteiger partial charge on any atom is -0.497 e. The topological polar surface area (TPSA) is 69.2 Å². The third kappa shape index (κ3) is 7.60. The van der Waals surface area contributed by atoms with Gasteiger partial charge in [0.15, 0.2) is 5.96 Å². The molecule has 1 saturated heterocycles. The fraction of sp³-hybridized carbons (Fsp3) is 0.440. The molecule has 0 aliphatic carbocycles. The summed E-state index contributed by atoms with van der Waals surface area (Å²) in [6.45, 7) is 4.93. The van der Waals surface area contributed by atoms with Crippen LogP contribution in [0.5, 0.6) is 5.75 Å². The Bertz CT molecular complexity index is 917. The summed E-state index contributed by atoms with van der Waals surface area (Å²) in [5, 5.41) is 6.80. The molecule has 0 spiro atoms. The number of guanidine groups is 1. The van der Waals surface area contributed by atoms with Gasteiger partial charge in [0.1, 0.15) is 5.75 Å². The maximum Gasteiger partial charge on any atom is 0.227 e. The lowest BCUT2D eigenvalue weighted by Gasteiger charge is -2.26. The summed E-state index contributed by atoms with van der Waals surface area (Å²) in [5.41, 5.74) is 3.26. The summed E-state index contributed by atoms with van der Waals surface area (Å²) in [7, 11) is 5.83. The van der Waals surface area contributed by atoms with Gasteiger partial charge in [0, 0.05) is 31.7 Å². The standard InChI is InChI=1S/C25H35N5O2.HI/c1-5-26-25(28-18-23(29(2)3)20-8-6-9-22(16-20)32-4)27-17-19-11-13-21(14-12-19)30-15-7-10-24(30)31;/h6,8-9,11-14,16,23H,5,7,10,15,17-18H2,1-4H3,(H2,26,27,28);1H. The minimum atomic E-state index is 0. The molecule has 0 radical (unpaired) electrons. The molecule has 3 rings (SSSR count). The highest BCUT2D eigenvalue weighted by Gasteiger charge is 2.21. The molecule has 8 heteroatoms. The van der Waals surface area contributed by atoms with E-state index in [1.807, 2.05) is 41.3 Å².